The van der Waals surface area contributed by atoms with Gasteiger partial charge in [-0.05, 0) is 81.2 Å². The number of allylic oxidation sites excluding steroid dienone is 1. The Bertz CT molecular complexity index is 1860. The number of hydroxylamine groups is 2. The number of nitrogens with one attached hydrogen (secondary N) is 2. The van der Waals surface area contributed by atoms with E-state index in [1.54, 1.807) is 50.1 Å². The van der Waals surface area contributed by atoms with Crippen molar-refractivity contribution in [2.45, 2.75) is 127 Å². The van der Waals surface area contributed by atoms with Crippen molar-refractivity contribution in [3.8, 4) is 0 Å². The summed E-state index contributed by atoms with van der Waals surface area (Å²) in [4.78, 5) is 60.6. The summed E-state index contributed by atoms with van der Waals surface area (Å²) >= 11 is 0. The highest BCUT2D eigenvalue weighted by molar-refractivity contribution is 5.95. The van der Waals surface area contributed by atoms with E-state index in [-0.39, 0.29) is 51.7 Å². The Kier molecular flexibility index (Phi) is 10.8. The molecule has 6 fully saturated rings. The molecule has 2 aromatic carbocycles. The number of hydrogen-bond donors (Lipinski definition) is 3. The molecule has 10 atom stereocenters. The molecule has 3 N–H and O–H groups in total. The lowest BCUT2D eigenvalue weighted by Crippen LogP contribution is -2.69. The molecule has 2 amide bonds. The highest BCUT2D eigenvalue weighted by Crippen LogP contribution is 2.55. The van der Waals surface area contributed by atoms with E-state index in [2.05, 4.69) is 22.8 Å². The first-order valence-corrected chi connectivity index (χ1v) is 19.7. The van der Waals surface area contributed by atoms with Crippen molar-refractivity contribution in [1.29, 1.82) is 0 Å². The maximum absolute atomic E-state index is 14.6. The molecule has 0 aromatic heterocycles. The number of amides is 2. The summed E-state index contributed by atoms with van der Waals surface area (Å²) < 4.78 is 28.9. The highest BCUT2D eigenvalue weighted by Gasteiger charge is 2.74. The third-order valence-corrected chi connectivity index (χ3v) is 11.8. The van der Waals surface area contributed by atoms with Gasteiger partial charge >= 0.3 is 11.9 Å². The van der Waals surface area contributed by atoms with Crippen LogP contribution < -0.4 is 10.6 Å². The third-order valence-electron chi connectivity index (χ3n) is 11.8. The number of aliphatic hydroxyl groups excluding tert-OH is 1. The first kappa shape index (κ1) is 38.7. The molecule has 4 aliphatic heterocycles. The average molecular weight is 774 g/mol. The first-order valence-electron chi connectivity index (χ1n) is 19.7. The minimum absolute atomic E-state index is 0.0000459. The summed E-state index contributed by atoms with van der Waals surface area (Å²) in [5.74, 6) is -1.34. The zero-order valence-corrected chi connectivity index (χ0v) is 32.0. The monoisotopic (exact) mass is 773 g/mol. The molecule has 3 unspecified atom stereocenters. The van der Waals surface area contributed by atoms with Gasteiger partial charge in [0.1, 0.15) is 42.2 Å². The topological polar surface area (TPSA) is 174 Å². The number of rotatable bonds is 13. The molecule has 0 spiro atoms. The van der Waals surface area contributed by atoms with Crippen molar-refractivity contribution < 1.29 is 52.8 Å². The second-order valence-corrected chi connectivity index (χ2v) is 16.8. The molecule has 2 saturated carbocycles. The Labute approximate surface area is 326 Å². The maximum Gasteiger partial charge on any atom is 0.327 e. The van der Waals surface area contributed by atoms with Crippen LogP contribution in [0.15, 0.2) is 54.6 Å². The van der Waals surface area contributed by atoms with Gasteiger partial charge in [0.2, 0.25) is 5.91 Å². The number of nitrogens with zero attached hydrogens (tertiary/aromatic N) is 1. The Morgan fingerprint density at radius 1 is 1.05 bits per heavy atom. The van der Waals surface area contributed by atoms with Gasteiger partial charge in [0.05, 0.1) is 31.4 Å². The fourth-order valence-electron chi connectivity index (χ4n) is 9.02. The average Bonchev–Trinajstić information content (AvgIpc) is 3.60. The van der Waals surface area contributed by atoms with Crippen LogP contribution in [0, 0.1) is 11.3 Å². The largest absolute Gasteiger partial charge is 0.460 e. The van der Waals surface area contributed by atoms with Crippen molar-refractivity contribution >= 4 is 29.8 Å². The van der Waals surface area contributed by atoms with Crippen LogP contribution in [-0.4, -0.2) is 102 Å². The fourth-order valence-corrected chi connectivity index (χ4v) is 9.02. The number of aliphatic hydroxyl groups is 1. The van der Waals surface area contributed by atoms with Crippen molar-refractivity contribution in [3.05, 3.63) is 76.9 Å². The Hall–Kier alpha value is -4.18. The van der Waals surface area contributed by atoms with Crippen LogP contribution in [0.25, 0.3) is 6.08 Å². The molecule has 2 bridgehead atoms. The van der Waals surface area contributed by atoms with E-state index in [0.717, 1.165) is 30.4 Å². The van der Waals surface area contributed by atoms with Gasteiger partial charge in [-0.1, -0.05) is 48.6 Å². The van der Waals surface area contributed by atoms with E-state index >= 15 is 0 Å². The molecular weight excluding hydrogens is 722 g/mol. The molecule has 4 heterocycles. The molecule has 4 saturated heterocycles. The highest BCUT2D eigenvalue weighted by atomic mass is 16.8. The summed E-state index contributed by atoms with van der Waals surface area (Å²) in [6, 6.07) is 13.0. The lowest BCUT2D eigenvalue weighted by atomic mass is 9.62. The van der Waals surface area contributed by atoms with Gasteiger partial charge in [-0.25, -0.2) is 0 Å². The van der Waals surface area contributed by atoms with Crippen molar-refractivity contribution in [3.63, 3.8) is 0 Å². The number of benzene rings is 2. The van der Waals surface area contributed by atoms with Crippen LogP contribution in [0.2, 0.25) is 0 Å². The molecule has 14 heteroatoms. The predicted molar refractivity (Wildman–Crippen MR) is 199 cm³/mol. The smallest absolute Gasteiger partial charge is 0.327 e. The van der Waals surface area contributed by atoms with Gasteiger partial charge in [0.25, 0.3) is 5.91 Å². The fraction of sp³-hybridized carbons (Fsp3) is 0.571. The minimum atomic E-state index is -1.33. The van der Waals surface area contributed by atoms with Crippen LogP contribution in [0.3, 0.4) is 0 Å². The van der Waals surface area contributed by atoms with Gasteiger partial charge in [-0.2, -0.15) is 5.06 Å². The lowest BCUT2D eigenvalue weighted by Gasteiger charge is -2.48. The summed E-state index contributed by atoms with van der Waals surface area (Å²) in [6.45, 7) is 5.27. The minimum Gasteiger partial charge on any atom is -0.460 e. The maximum atomic E-state index is 14.6. The van der Waals surface area contributed by atoms with Gasteiger partial charge < -0.3 is 39.4 Å². The molecule has 14 nitrogen and oxygen atoms in total. The summed E-state index contributed by atoms with van der Waals surface area (Å²) in [5.41, 5.74) is 0.938. The number of esters is 2. The van der Waals surface area contributed by atoms with E-state index in [1.165, 1.54) is 0 Å². The van der Waals surface area contributed by atoms with E-state index in [1.807, 2.05) is 24.3 Å². The third kappa shape index (κ3) is 7.87. The van der Waals surface area contributed by atoms with E-state index in [4.69, 9.17) is 28.5 Å². The van der Waals surface area contributed by atoms with E-state index in [0.29, 0.717) is 29.3 Å². The Morgan fingerprint density at radius 3 is 2.68 bits per heavy atom. The second-order valence-electron chi connectivity index (χ2n) is 16.8. The molecule has 2 aromatic rings. The van der Waals surface area contributed by atoms with Crippen LogP contribution in [0.5, 0.6) is 0 Å². The standard InChI is InChI=1S/C42H51N3O11/c1-41(2,3)55-33(47)16-14-29(22-46)44-38(48)27-10-6-7-25(17-27)20-43-40(50)42-19-32-34-35(52-23-51-34)37(42)56-45(36(42)39(49)54-32)21-28-9-5-4-8-26(28)13-11-24-12-15-30-31(18-24)53-30/h4-11,13,17,24,29-32,34-37,46H,12,14-16,18-23H2,1-3H3,(H,43,50)(H,44,48)/t24?,29-,30?,31?,32+,34-,35-,36-,37+,42-/m0/s1. The quantitative estimate of drug-likeness (QED) is 0.201. The van der Waals surface area contributed by atoms with Crippen LogP contribution in [-0.2, 0) is 56.0 Å². The van der Waals surface area contributed by atoms with Crippen LogP contribution >= 0.6 is 0 Å². The van der Waals surface area contributed by atoms with Gasteiger partial charge in [-0.3, -0.25) is 24.0 Å². The van der Waals surface area contributed by atoms with Crippen molar-refractivity contribution in [1.82, 2.24) is 15.7 Å². The second kappa shape index (κ2) is 15.6. The molecule has 6 aliphatic rings. The van der Waals surface area contributed by atoms with Crippen LogP contribution in [0.1, 0.15) is 86.3 Å². The predicted octanol–water partition coefficient (Wildman–Crippen LogP) is 3.34. The number of hydrogen-bond acceptors (Lipinski definition) is 12. The van der Waals surface area contributed by atoms with Gasteiger partial charge in [-0.15, -0.1) is 0 Å². The summed E-state index contributed by atoms with van der Waals surface area (Å²) in [7, 11) is 0. The number of ether oxygens (including phenoxy) is 5. The normalized spacial score (nSPS) is 32.2. The summed E-state index contributed by atoms with van der Waals surface area (Å²) in [5, 5.41) is 17.3. The molecule has 300 valence electrons. The SMILES string of the molecule is CC(C)(C)OC(=O)CC[C@@H](CO)NC(=O)c1cccc(CNC(=O)[C@@]23C[C@H]4OC(=O)[C@@H]2N(Cc2ccccc2C=CC2CCC5OC5C2)O[C@@H]3[C@H]2OCO[C@H]24)c1. The van der Waals surface area contributed by atoms with Gasteiger partial charge in [0.15, 0.2) is 6.04 Å². The Morgan fingerprint density at radius 2 is 1.88 bits per heavy atom. The molecular formula is C42H51N3O11. The summed E-state index contributed by atoms with van der Waals surface area (Å²) in [6.07, 6.45) is 6.14. The zero-order chi connectivity index (χ0) is 39.2. The molecule has 0 radical (unpaired) electrons. The van der Waals surface area contributed by atoms with E-state index < -0.39 is 65.4 Å². The van der Waals surface area contributed by atoms with Crippen molar-refractivity contribution in [2.24, 2.45) is 11.3 Å². The first-order chi connectivity index (χ1) is 26.9. The molecule has 8 rings (SSSR count). The number of carbonyl (C=O) groups is 4. The Balaban J connectivity index is 0.967. The molecule has 56 heavy (non-hydrogen) atoms. The van der Waals surface area contributed by atoms with E-state index in [9.17, 15) is 24.3 Å². The van der Waals surface area contributed by atoms with Crippen LogP contribution in [0.4, 0.5) is 0 Å². The number of epoxide rings is 1. The lowest BCUT2D eigenvalue weighted by molar-refractivity contribution is -0.201. The van der Waals surface area contributed by atoms with Crippen molar-refractivity contribution in [2.75, 3.05) is 13.4 Å². The zero-order valence-electron chi connectivity index (χ0n) is 32.0. The molecule has 2 aliphatic carbocycles. The number of carbonyl (C=O) groups excluding carboxylic acids is 4. The number of fused-ring (bicyclic) bond motifs is 5. The van der Waals surface area contributed by atoms with Gasteiger partial charge in [0, 0.05) is 24.9 Å².